The van der Waals surface area contributed by atoms with Crippen molar-refractivity contribution in [1.29, 1.82) is 0 Å². The number of rotatable bonds is 0. The predicted octanol–water partition coefficient (Wildman–Crippen LogP) is -0.744. The topological polar surface area (TPSA) is 51.2 Å². The summed E-state index contributed by atoms with van der Waals surface area (Å²) in [5, 5.41) is 0. The van der Waals surface area contributed by atoms with Crippen LogP contribution in [-0.2, 0) is 31.5 Å². The summed E-state index contributed by atoms with van der Waals surface area (Å²) >= 11 is 0. The standard InChI is InChI=1S/3CO.CH3.Mn/c3*1-2;;/h;;;1H3;/q4*-1;. The summed E-state index contributed by atoms with van der Waals surface area (Å²) in [4.78, 5) is 22.5. The molecule has 4 heteroatoms. The Morgan fingerprint density at radius 1 is 0.625 bits per heavy atom. The Balaban J connectivity index is -0.00000000500. The van der Waals surface area contributed by atoms with Crippen molar-refractivity contribution >= 4 is 20.4 Å². The number of hydrogen-bond donors (Lipinski definition) is 0. The van der Waals surface area contributed by atoms with Crippen LogP contribution in [0.5, 0.6) is 0 Å². The number of carbonyl (C=O) groups excluding carboxylic acids is 3. The molecule has 0 bridgehead atoms. The van der Waals surface area contributed by atoms with E-state index in [0.29, 0.717) is 0 Å². The molecule has 0 aliphatic carbocycles. The Morgan fingerprint density at radius 3 is 0.625 bits per heavy atom. The Kier molecular flexibility index (Phi) is 5660. The Labute approximate surface area is 59.9 Å². The molecule has 0 heterocycles. The molecule has 4 radical (unpaired) electrons. The molecule has 0 spiro atoms. The molecular formula is C4H3MnO3-4. The first-order valence-corrected chi connectivity index (χ1v) is 0.612. The van der Waals surface area contributed by atoms with Crippen LogP contribution in [0.3, 0.4) is 0 Å². The van der Waals surface area contributed by atoms with Gasteiger partial charge in [-0.25, -0.2) is 0 Å². The van der Waals surface area contributed by atoms with Crippen molar-refractivity contribution in [2.24, 2.45) is 0 Å². The predicted molar refractivity (Wildman–Crippen MR) is 23.5 cm³/mol. The van der Waals surface area contributed by atoms with Gasteiger partial charge in [-0.15, -0.1) is 0 Å². The van der Waals surface area contributed by atoms with Crippen molar-refractivity contribution in [2.75, 3.05) is 0 Å². The molecule has 0 atom stereocenters. The summed E-state index contributed by atoms with van der Waals surface area (Å²) in [5.41, 5.74) is 0. The third-order valence-electron chi connectivity index (χ3n) is 0. The maximum absolute atomic E-state index is 7.50. The monoisotopic (exact) mass is 154 g/mol. The summed E-state index contributed by atoms with van der Waals surface area (Å²) in [6.07, 6.45) is 0. The summed E-state index contributed by atoms with van der Waals surface area (Å²) in [5.74, 6) is 0. The second kappa shape index (κ2) is 902. The average molecular weight is 154 g/mol. The van der Waals surface area contributed by atoms with Crippen LogP contribution >= 0.6 is 0 Å². The van der Waals surface area contributed by atoms with Gasteiger partial charge in [0.1, 0.15) is 0 Å². The third kappa shape index (κ3) is 512. The van der Waals surface area contributed by atoms with Crippen LogP contribution in [0.4, 0.5) is 0 Å². The van der Waals surface area contributed by atoms with E-state index < -0.39 is 0 Å². The first-order valence-electron chi connectivity index (χ1n) is 0.612. The Bertz CT molecular complexity index is 16.0. The first-order chi connectivity index (χ1) is 3.00. The van der Waals surface area contributed by atoms with E-state index in [0.717, 1.165) is 0 Å². The van der Waals surface area contributed by atoms with Crippen molar-refractivity contribution in [3.63, 3.8) is 0 Å². The van der Waals surface area contributed by atoms with Crippen LogP contribution in [0.2, 0.25) is 0 Å². The largest absolute Gasteiger partial charge is 0.573 e. The SMILES string of the molecule is [C-]=O.[C-]=O.[C-]=O.[CH3-].[Mn]. The quantitative estimate of drug-likeness (QED) is 0.341. The van der Waals surface area contributed by atoms with Crippen molar-refractivity contribution in [2.45, 2.75) is 0 Å². The van der Waals surface area contributed by atoms with Crippen LogP contribution in [0.25, 0.3) is 0 Å². The smallest absolute Gasteiger partial charge is 0 e. The zero-order valence-corrected chi connectivity index (χ0v) is 5.28. The molecule has 0 aliphatic rings. The normalized spacial score (nSPS) is 1.50. The molecule has 0 rings (SSSR count). The molecule has 0 saturated carbocycles. The third-order valence-corrected chi connectivity index (χ3v) is 0. The molecular weight excluding hydrogens is 151 g/mol. The van der Waals surface area contributed by atoms with Gasteiger partial charge in [-0.1, -0.05) is 0 Å². The van der Waals surface area contributed by atoms with Crippen LogP contribution in [0.15, 0.2) is 0 Å². The van der Waals surface area contributed by atoms with Crippen molar-refractivity contribution in [1.82, 2.24) is 0 Å². The molecule has 0 aromatic rings. The van der Waals surface area contributed by atoms with Gasteiger partial charge in [-0.05, 0) is 0 Å². The molecule has 0 saturated heterocycles. The van der Waals surface area contributed by atoms with Gasteiger partial charge >= 0.3 is 0 Å². The fourth-order valence-electron chi connectivity index (χ4n) is 0. The van der Waals surface area contributed by atoms with E-state index in [1.165, 1.54) is 0 Å². The van der Waals surface area contributed by atoms with E-state index in [4.69, 9.17) is 14.4 Å². The Hall–Kier alpha value is -0.471. The van der Waals surface area contributed by atoms with Gasteiger partial charge in [0.05, 0.1) is 0 Å². The molecule has 0 aromatic carbocycles. The average Bonchev–Trinajstić information content (AvgIpc) is 1.81. The molecule has 0 aromatic heterocycles. The molecule has 0 amide bonds. The fraction of sp³-hybridized carbons (Fsp3) is 0. The van der Waals surface area contributed by atoms with Gasteiger partial charge < -0.3 is 42.2 Å². The zero-order valence-electron chi connectivity index (χ0n) is 4.10. The summed E-state index contributed by atoms with van der Waals surface area (Å²) in [6.45, 7) is 13.5. The minimum absolute atomic E-state index is 0. The van der Waals surface area contributed by atoms with Crippen LogP contribution in [-0.4, -0.2) is 20.4 Å². The summed E-state index contributed by atoms with van der Waals surface area (Å²) in [7, 11) is 0. The van der Waals surface area contributed by atoms with E-state index in [1.54, 1.807) is 0 Å². The van der Waals surface area contributed by atoms with Crippen molar-refractivity contribution in [3.8, 4) is 0 Å². The summed E-state index contributed by atoms with van der Waals surface area (Å²) < 4.78 is 0. The van der Waals surface area contributed by atoms with Crippen LogP contribution < -0.4 is 0 Å². The van der Waals surface area contributed by atoms with Gasteiger partial charge in [-0.2, -0.15) is 0 Å². The molecule has 0 fully saturated rings. The van der Waals surface area contributed by atoms with Crippen molar-refractivity contribution < 1.29 is 31.5 Å². The second-order valence-electron chi connectivity index (χ2n) is 0. The molecule has 0 unspecified atom stereocenters. The van der Waals surface area contributed by atoms with Gasteiger partial charge in [-0.3, -0.25) is 0 Å². The minimum Gasteiger partial charge on any atom is -0.573 e. The molecule has 3 nitrogen and oxygen atoms in total. The second-order valence-corrected chi connectivity index (χ2v) is 0. The molecule has 48 valence electrons. The molecule has 8 heavy (non-hydrogen) atoms. The van der Waals surface area contributed by atoms with E-state index in [1.807, 2.05) is 0 Å². The fourth-order valence-corrected chi connectivity index (χ4v) is 0. The van der Waals surface area contributed by atoms with Gasteiger partial charge in [0.2, 0.25) is 0 Å². The van der Waals surface area contributed by atoms with E-state index in [-0.39, 0.29) is 24.5 Å². The van der Waals surface area contributed by atoms with Crippen LogP contribution in [0, 0.1) is 7.43 Å². The summed E-state index contributed by atoms with van der Waals surface area (Å²) in [6, 6.07) is 0. The van der Waals surface area contributed by atoms with Crippen molar-refractivity contribution in [3.05, 3.63) is 7.43 Å². The van der Waals surface area contributed by atoms with Crippen LogP contribution in [0.1, 0.15) is 0 Å². The Morgan fingerprint density at radius 2 is 0.625 bits per heavy atom. The molecule has 0 N–H and O–H groups in total. The maximum atomic E-state index is 7.50. The first kappa shape index (κ1) is 50.2. The van der Waals surface area contributed by atoms with Gasteiger partial charge in [0.25, 0.3) is 0 Å². The number of hydrogen-bond acceptors (Lipinski definition) is 3. The minimum atomic E-state index is 0. The van der Waals surface area contributed by atoms with E-state index >= 15 is 0 Å². The van der Waals surface area contributed by atoms with Gasteiger partial charge in [0.15, 0.2) is 0 Å². The van der Waals surface area contributed by atoms with E-state index in [9.17, 15) is 0 Å². The zero-order chi connectivity index (χ0) is 6.00. The van der Waals surface area contributed by atoms with E-state index in [2.05, 4.69) is 20.4 Å². The maximum Gasteiger partial charge on any atom is 0 e. The van der Waals surface area contributed by atoms with Gasteiger partial charge in [0, 0.05) is 17.1 Å². The molecule has 0 aliphatic heterocycles.